The van der Waals surface area contributed by atoms with Gasteiger partial charge in [0.05, 0.1) is 24.9 Å². The molecular weight excluding hydrogens is 528 g/mol. The first kappa shape index (κ1) is 30.6. The summed E-state index contributed by atoms with van der Waals surface area (Å²) in [5.74, 6) is -2.80. The number of rotatable bonds is 2. The van der Waals surface area contributed by atoms with Crippen LogP contribution in [0.15, 0.2) is 47.1 Å². The highest BCUT2D eigenvalue weighted by molar-refractivity contribution is 5.78. The zero-order valence-corrected chi connectivity index (χ0v) is 24.6. The van der Waals surface area contributed by atoms with E-state index in [-0.39, 0.29) is 37.3 Å². The number of hydrogen-bond acceptors (Lipinski definition) is 9. The molecule has 4 N–H and O–H groups in total. The van der Waals surface area contributed by atoms with Gasteiger partial charge in [0.1, 0.15) is 29.8 Å². The van der Waals surface area contributed by atoms with Gasteiger partial charge < -0.3 is 39.4 Å². The summed E-state index contributed by atoms with van der Waals surface area (Å²) in [4.78, 5) is 13.9. The van der Waals surface area contributed by atoms with Crippen LogP contribution < -0.4 is 0 Å². The van der Waals surface area contributed by atoms with Crippen LogP contribution in [-0.4, -0.2) is 87.6 Å². The Labute approximate surface area is 242 Å². The first-order valence-electron chi connectivity index (χ1n) is 15.1. The number of ether oxygens (including phenoxy) is 4. The van der Waals surface area contributed by atoms with Gasteiger partial charge in [-0.15, -0.1) is 0 Å². The Morgan fingerprint density at radius 2 is 1.88 bits per heavy atom. The molecule has 9 nitrogen and oxygen atoms in total. The number of hydrogen-bond donors (Lipinski definition) is 4. The monoisotopic (exact) mass is 574 g/mol. The molecule has 11 atom stereocenters. The van der Waals surface area contributed by atoms with E-state index in [0.29, 0.717) is 36.8 Å². The molecule has 1 spiro atoms. The van der Waals surface area contributed by atoms with E-state index in [2.05, 4.69) is 0 Å². The summed E-state index contributed by atoms with van der Waals surface area (Å²) in [5, 5.41) is 43.8. The lowest BCUT2D eigenvalue weighted by Gasteiger charge is -2.50. The third kappa shape index (κ3) is 5.75. The largest absolute Gasteiger partial charge is 0.462 e. The molecule has 2 bridgehead atoms. The average Bonchev–Trinajstić information content (AvgIpc) is 3.29. The predicted molar refractivity (Wildman–Crippen MR) is 150 cm³/mol. The standard InChI is InChI=1S/C32H46O9/c1-5-26-21(16-33)11-12-31(41-26)15-24-14-23(40-31)10-9-19(3)27(34)18(2)7-6-8-22-17-38-29-28(35)20(4)13-25(30(36)39-24)32(22,29)37/h6-9,13,18,21,23-29,33-35,37H,5,10-12,14-17H2,1-4H3/b7-6+,19-9+,22-8+/t18-,21+,23+,24-,25?,26+,27+,28+,29+,31+,32+/m0/s1. The van der Waals surface area contributed by atoms with Crippen molar-refractivity contribution >= 4 is 5.97 Å². The van der Waals surface area contributed by atoms with E-state index in [1.807, 2.05) is 32.9 Å². The topological polar surface area (TPSA) is 135 Å². The van der Waals surface area contributed by atoms with E-state index < -0.39 is 47.7 Å². The van der Waals surface area contributed by atoms with Crippen molar-refractivity contribution in [1.29, 1.82) is 0 Å². The van der Waals surface area contributed by atoms with Gasteiger partial charge in [0, 0.05) is 37.7 Å². The van der Waals surface area contributed by atoms with E-state index in [0.717, 1.165) is 18.4 Å². The van der Waals surface area contributed by atoms with Crippen LogP contribution in [0.5, 0.6) is 0 Å². The van der Waals surface area contributed by atoms with Crippen LogP contribution in [0.25, 0.3) is 0 Å². The molecule has 0 amide bonds. The van der Waals surface area contributed by atoms with Crippen molar-refractivity contribution in [2.75, 3.05) is 13.2 Å². The molecular formula is C32H46O9. The van der Waals surface area contributed by atoms with Gasteiger partial charge >= 0.3 is 5.97 Å². The smallest absolute Gasteiger partial charge is 0.316 e. The minimum Gasteiger partial charge on any atom is -0.462 e. The maximum atomic E-state index is 13.9. The van der Waals surface area contributed by atoms with Crippen molar-refractivity contribution < 1.29 is 44.2 Å². The zero-order valence-electron chi connectivity index (χ0n) is 24.6. The number of carbonyl (C=O) groups excluding carboxylic acids is 1. The summed E-state index contributed by atoms with van der Waals surface area (Å²) in [6.07, 6.45) is 8.41. The van der Waals surface area contributed by atoms with Crippen LogP contribution in [0, 0.1) is 17.8 Å². The molecule has 4 aliphatic heterocycles. The lowest BCUT2D eigenvalue weighted by molar-refractivity contribution is -0.337. The van der Waals surface area contributed by atoms with Crippen LogP contribution in [0.1, 0.15) is 66.2 Å². The molecule has 41 heavy (non-hydrogen) atoms. The third-order valence-electron chi connectivity index (χ3n) is 9.81. The van der Waals surface area contributed by atoms with Gasteiger partial charge in [0.2, 0.25) is 0 Å². The second kappa shape index (κ2) is 12.0. The maximum absolute atomic E-state index is 13.9. The molecule has 9 heteroatoms. The van der Waals surface area contributed by atoms with Crippen molar-refractivity contribution in [2.45, 2.75) is 114 Å². The molecule has 0 aromatic rings. The molecule has 0 saturated carbocycles. The fourth-order valence-corrected chi connectivity index (χ4v) is 7.25. The Morgan fingerprint density at radius 3 is 2.61 bits per heavy atom. The normalized spacial score (nSPS) is 48.7. The van der Waals surface area contributed by atoms with Gasteiger partial charge in [-0.1, -0.05) is 44.2 Å². The second-order valence-electron chi connectivity index (χ2n) is 12.6. The van der Waals surface area contributed by atoms with Gasteiger partial charge in [-0.3, -0.25) is 4.79 Å². The van der Waals surface area contributed by atoms with Crippen molar-refractivity contribution in [3.8, 4) is 0 Å². The van der Waals surface area contributed by atoms with Crippen LogP contribution in [0.4, 0.5) is 0 Å². The molecule has 1 unspecified atom stereocenters. The van der Waals surface area contributed by atoms with Gasteiger partial charge in [0.25, 0.3) is 0 Å². The quantitative estimate of drug-likeness (QED) is 0.290. The molecule has 0 aromatic heterocycles. The SMILES string of the molecule is CC[C@H]1O[C@]2(CC[C@@H]1CO)C[C@@H]1C[C@@H](C/C=C(\C)[C@H](O)[C@@H](C)/C=C/C=C3\CO[C@@H]4[C@H](O)C(C)=CC(C(=O)O1)[C@]34O)O2. The fraction of sp³-hybridized carbons (Fsp3) is 0.719. The van der Waals surface area contributed by atoms with Crippen LogP contribution >= 0.6 is 0 Å². The van der Waals surface area contributed by atoms with Crippen LogP contribution in [0.2, 0.25) is 0 Å². The minimum atomic E-state index is -1.78. The molecule has 1 aliphatic carbocycles. The highest BCUT2D eigenvalue weighted by atomic mass is 16.7. The van der Waals surface area contributed by atoms with E-state index in [4.69, 9.17) is 18.9 Å². The molecule has 3 saturated heterocycles. The van der Waals surface area contributed by atoms with Gasteiger partial charge in [-0.2, -0.15) is 0 Å². The van der Waals surface area contributed by atoms with Crippen molar-refractivity contribution in [3.05, 3.63) is 47.1 Å². The van der Waals surface area contributed by atoms with E-state index >= 15 is 0 Å². The number of esters is 1. The van der Waals surface area contributed by atoms with E-state index in [9.17, 15) is 25.2 Å². The average molecular weight is 575 g/mol. The third-order valence-corrected chi connectivity index (χ3v) is 9.81. The Hall–Kier alpha value is -1.85. The van der Waals surface area contributed by atoms with Gasteiger partial charge in [-0.05, 0) is 49.8 Å². The molecule has 0 aromatic carbocycles. The highest BCUT2D eigenvalue weighted by Gasteiger charge is 2.60. The molecule has 4 heterocycles. The number of carbonyl (C=O) groups is 1. The lowest BCUT2D eigenvalue weighted by Crippen LogP contribution is -2.58. The van der Waals surface area contributed by atoms with E-state index in [1.54, 1.807) is 25.2 Å². The Balaban J connectivity index is 1.52. The predicted octanol–water partition coefficient (Wildman–Crippen LogP) is 2.87. The number of fused-ring (bicyclic) bond motifs is 2. The Morgan fingerprint density at radius 1 is 1.10 bits per heavy atom. The first-order chi connectivity index (χ1) is 19.5. The molecule has 3 fully saturated rings. The van der Waals surface area contributed by atoms with Gasteiger partial charge in [-0.25, -0.2) is 0 Å². The van der Waals surface area contributed by atoms with Gasteiger partial charge in [0.15, 0.2) is 5.79 Å². The highest BCUT2D eigenvalue weighted by Crippen LogP contribution is 2.47. The summed E-state index contributed by atoms with van der Waals surface area (Å²) in [5.41, 5.74) is 0.0552. The summed E-state index contributed by atoms with van der Waals surface area (Å²) >= 11 is 0. The Bertz CT molecular complexity index is 1110. The summed E-state index contributed by atoms with van der Waals surface area (Å²) in [6.45, 7) is 7.65. The summed E-state index contributed by atoms with van der Waals surface area (Å²) in [7, 11) is 0. The Kier molecular flexibility index (Phi) is 8.98. The van der Waals surface area contributed by atoms with Crippen molar-refractivity contribution in [2.24, 2.45) is 17.8 Å². The minimum absolute atomic E-state index is 0.0218. The first-order valence-corrected chi connectivity index (χ1v) is 15.1. The molecule has 5 aliphatic rings. The molecule has 0 radical (unpaired) electrons. The van der Waals surface area contributed by atoms with Crippen molar-refractivity contribution in [1.82, 2.24) is 0 Å². The van der Waals surface area contributed by atoms with Crippen molar-refractivity contribution in [3.63, 3.8) is 0 Å². The zero-order chi connectivity index (χ0) is 29.5. The summed E-state index contributed by atoms with van der Waals surface area (Å²) in [6, 6.07) is 0. The fourth-order valence-electron chi connectivity index (χ4n) is 7.25. The number of aliphatic hydroxyl groups is 4. The van der Waals surface area contributed by atoms with E-state index in [1.165, 1.54) is 0 Å². The lowest BCUT2D eigenvalue weighted by atomic mass is 9.71. The maximum Gasteiger partial charge on any atom is 0.316 e. The number of allylic oxidation sites excluding steroid dienone is 2. The molecule has 228 valence electrons. The second-order valence-corrected chi connectivity index (χ2v) is 12.6. The van der Waals surface area contributed by atoms with Crippen LogP contribution in [0.3, 0.4) is 0 Å². The number of aliphatic hydroxyl groups excluding tert-OH is 3. The summed E-state index contributed by atoms with van der Waals surface area (Å²) < 4.78 is 25.2. The van der Waals surface area contributed by atoms with Crippen LogP contribution in [-0.2, 0) is 23.7 Å². The molecule has 5 rings (SSSR count).